The summed E-state index contributed by atoms with van der Waals surface area (Å²) in [6.45, 7) is 6.51. The molecule has 0 spiro atoms. The summed E-state index contributed by atoms with van der Waals surface area (Å²) in [6, 6.07) is 8.12. The van der Waals surface area contributed by atoms with Gasteiger partial charge in [0.15, 0.2) is 0 Å². The van der Waals surface area contributed by atoms with Crippen LogP contribution in [0.15, 0.2) is 29.6 Å². The Balaban J connectivity index is 1.64. The minimum atomic E-state index is 0.675. The van der Waals surface area contributed by atoms with Crippen molar-refractivity contribution in [2.75, 3.05) is 13.2 Å². The van der Waals surface area contributed by atoms with Crippen LogP contribution >= 0.6 is 11.3 Å². The average Bonchev–Trinajstić information content (AvgIpc) is 2.86. The summed E-state index contributed by atoms with van der Waals surface area (Å²) in [5.74, 6) is 0.934. The molecule has 0 atom stereocenters. The van der Waals surface area contributed by atoms with Gasteiger partial charge in [-0.1, -0.05) is 19.1 Å². The van der Waals surface area contributed by atoms with Crippen LogP contribution in [0.25, 0.3) is 0 Å². The highest BCUT2D eigenvalue weighted by molar-refractivity contribution is 7.09. The van der Waals surface area contributed by atoms with Crippen LogP contribution < -0.4 is 10.1 Å². The second-order valence-corrected chi connectivity index (χ2v) is 5.37. The minimum Gasteiger partial charge on any atom is -0.492 e. The van der Waals surface area contributed by atoms with Crippen molar-refractivity contribution in [1.82, 2.24) is 10.3 Å². The van der Waals surface area contributed by atoms with Gasteiger partial charge in [0.1, 0.15) is 12.4 Å². The number of hydrogen-bond acceptors (Lipinski definition) is 4. The fourth-order valence-corrected chi connectivity index (χ4v) is 2.50. The van der Waals surface area contributed by atoms with Crippen molar-refractivity contribution in [2.24, 2.45) is 0 Å². The highest BCUT2D eigenvalue weighted by Gasteiger charge is 1.99. The van der Waals surface area contributed by atoms with Gasteiger partial charge in [-0.2, -0.15) is 0 Å². The Bertz CT molecular complexity index is 510. The summed E-state index contributed by atoms with van der Waals surface area (Å²) in [5, 5.41) is 6.66. The summed E-state index contributed by atoms with van der Waals surface area (Å²) >= 11 is 1.73. The fraction of sp³-hybridized carbons (Fsp3) is 0.400. The van der Waals surface area contributed by atoms with Gasteiger partial charge in [0.2, 0.25) is 0 Å². The van der Waals surface area contributed by atoms with E-state index in [2.05, 4.69) is 35.6 Å². The quantitative estimate of drug-likeness (QED) is 0.789. The van der Waals surface area contributed by atoms with Crippen LogP contribution in [0.2, 0.25) is 0 Å². The van der Waals surface area contributed by atoms with Crippen molar-refractivity contribution in [2.45, 2.75) is 26.8 Å². The van der Waals surface area contributed by atoms with Gasteiger partial charge in [-0.05, 0) is 31.0 Å². The topological polar surface area (TPSA) is 34.2 Å². The van der Waals surface area contributed by atoms with Gasteiger partial charge in [-0.25, -0.2) is 4.98 Å². The lowest BCUT2D eigenvalue weighted by atomic mass is 10.2. The second-order valence-electron chi connectivity index (χ2n) is 4.43. The zero-order chi connectivity index (χ0) is 13.5. The van der Waals surface area contributed by atoms with E-state index in [9.17, 15) is 0 Å². The minimum absolute atomic E-state index is 0.675. The van der Waals surface area contributed by atoms with Gasteiger partial charge in [0.25, 0.3) is 0 Å². The molecule has 0 fully saturated rings. The molecule has 1 aromatic heterocycles. The predicted molar refractivity (Wildman–Crippen MR) is 79.9 cm³/mol. The van der Waals surface area contributed by atoms with E-state index in [1.807, 2.05) is 18.2 Å². The number of thiazole rings is 1. The molecule has 0 aliphatic heterocycles. The standard InChI is InChI=1S/C15H20N2OS/c1-3-15-17-13(11-19-15)10-16-7-8-18-14-6-4-5-12(2)9-14/h4-6,9,11,16H,3,7-8,10H2,1-2H3. The maximum Gasteiger partial charge on any atom is 0.119 e. The molecule has 2 rings (SSSR count). The largest absolute Gasteiger partial charge is 0.492 e. The molecule has 1 aromatic carbocycles. The number of aryl methyl sites for hydroxylation is 2. The van der Waals surface area contributed by atoms with E-state index < -0.39 is 0 Å². The van der Waals surface area contributed by atoms with Crippen LogP contribution in [0, 0.1) is 6.92 Å². The molecule has 0 radical (unpaired) electrons. The van der Waals surface area contributed by atoms with Gasteiger partial charge in [0, 0.05) is 18.5 Å². The van der Waals surface area contributed by atoms with Crippen LogP contribution in [0.1, 0.15) is 23.2 Å². The van der Waals surface area contributed by atoms with Crippen molar-refractivity contribution < 1.29 is 4.74 Å². The molecular weight excluding hydrogens is 256 g/mol. The van der Waals surface area contributed by atoms with Gasteiger partial charge >= 0.3 is 0 Å². The number of ether oxygens (including phenoxy) is 1. The smallest absolute Gasteiger partial charge is 0.119 e. The molecule has 0 aliphatic rings. The molecule has 0 unspecified atom stereocenters. The Morgan fingerprint density at radius 3 is 3.00 bits per heavy atom. The first-order valence-corrected chi connectivity index (χ1v) is 7.49. The number of aromatic nitrogens is 1. The maximum absolute atomic E-state index is 5.67. The van der Waals surface area contributed by atoms with E-state index in [1.54, 1.807) is 11.3 Å². The zero-order valence-electron chi connectivity index (χ0n) is 11.5. The van der Waals surface area contributed by atoms with E-state index in [0.29, 0.717) is 6.61 Å². The Kier molecular flexibility index (Phi) is 5.36. The van der Waals surface area contributed by atoms with Crippen molar-refractivity contribution in [3.8, 4) is 5.75 Å². The van der Waals surface area contributed by atoms with Gasteiger partial charge in [-0.15, -0.1) is 11.3 Å². The van der Waals surface area contributed by atoms with E-state index >= 15 is 0 Å². The van der Waals surface area contributed by atoms with Crippen molar-refractivity contribution in [1.29, 1.82) is 0 Å². The van der Waals surface area contributed by atoms with Crippen LogP contribution in [-0.4, -0.2) is 18.1 Å². The molecule has 0 amide bonds. The van der Waals surface area contributed by atoms with Gasteiger partial charge in [-0.3, -0.25) is 0 Å². The molecule has 0 saturated heterocycles. The molecule has 1 N–H and O–H groups in total. The summed E-state index contributed by atoms with van der Waals surface area (Å²) in [7, 11) is 0. The average molecular weight is 276 g/mol. The lowest BCUT2D eigenvalue weighted by Crippen LogP contribution is -2.20. The fourth-order valence-electron chi connectivity index (χ4n) is 1.76. The van der Waals surface area contributed by atoms with Crippen molar-refractivity contribution >= 4 is 11.3 Å². The number of hydrogen-bond donors (Lipinski definition) is 1. The molecule has 102 valence electrons. The van der Waals surface area contributed by atoms with E-state index in [-0.39, 0.29) is 0 Å². The lowest BCUT2D eigenvalue weighted by Gasteiger charge is -2.07. The Morgan fingerprint density at radius 2 is 2.26 bits per heavy atom. The van der Waals surface area contributed by atoms with Crippen molar-refractivity contribution in [3.63, 3.8) is 0 Å². The Hall–Kier alpha value is -1.39. The Morgan fingerprint density at radius 1 is 1.37 bits per heavy atom. The third-order valence-electron chi connectivity index (χ3n) is 2.74. The van der Waals surface area contributed by atoms with Crippen LogP contribution in [0.4, 0.5) is 0 Å². The number of benzene rings is 1. The molecule has 3 nitrogen and oxygen atoms in total. The normalized spacial score (nSPS) is 10.6. The number of rotatable bonds is 7. The predicted octanol–water partition coefficient (Wildman–Crippen LogP) is 3.18. The zero-order valence-corrected chi connectivity index (χ0v) is 12.3. The monoisotopic (exact) mass is 276 g/mol. The van der Waals surface area contributed by atoms with Crippen LogP contribution in [-0.2, 0) is 13.0 Å². The molecule has 2 aromatic rings. The highest BCUT2D eigenvalue weighted by atomic mass is 32.1. The first-order chi connectivity index (χ1) is 9.28. The van der Waals surface area contributed by atoms with Gasteiger partial charge < -0.3 is 10.1 Å². The molecule has 1 heterocycles. The summed E-state index contributed by atoms with van der Waals surface area (Å²) < 4.78 is 5.67. The van der Waals surface area contributed by atoms with Gasteiger partial charge in [0.05, 0.1) is 10.7 Å². The summed E-state index contributed by atoms with van der Waals surface area (Å²) in [4.78, 5) is 4.51. The first kappa shape index (κ1) is 14.0. The number of nitrogens with one attached hydrogen (secondary N) is 1. The molecule has 0 saturated carbocycles. The van der Waals surface area contributed by atoms with Crippen molar-refractivity contribution in [3.05, 3.63) is 45.9 Å². The highest BCUT2D eigenvalue weighted by Crippen LogP contribution is 2.12. The maximum atomic E-state index is 5.67. The molecule has 19 heavy (non-hydrogen) atoms. The molecule has 0 bridgehead atoms. The van der Waals surface area contributed by atoms with Crippen LogP contribution in [0.5, 0.6) is 5.75 Å². The molecule has 0 aliphatic carbocycles. The molecule has 4 heteroatoms. The Labute approximate surface area is 118 Å². The SMILES string of the molecule is CCc1nc(CNCCOc2cccc(C)c2)cs1. The summed E-state index contributed by atoms with van der Waals surface area (Å²) in [5.41, 5.74) is 2.34. The van der Waals surface area contributed by atoms with Crippen LogP contribution in [0.3, 0.4) is 0 Å². The van der Waals surface area contributed by atoms with E-state index in [1.165, 1.54) is 10.6 Å². The lowest BCUT2D eigenvalue weighted by molar-refractivity contribution is 0.313. The second kappa shape index (κ2) is 7.26. The third kappa shape index (κ3) is 4.65. The summed E-state index contributed by atoms with van der Waals surface area (Å²) in [6.07, 6.45) is 1.02. The van der Waals surface area contributed by atoms with E-state index in [4.69, 9.17) is 4.74 Å². The third-order valence-corrected chi connectivity index (χ3v) is 3.79. The van der Waals surface area contributed by atoms with E-state index in [0.717, 1.165) is 31.0 Å². The molecular formula is C15H20N2OS. The first-order valence-electron chi connectivity index (χ1n) is 6.61. The number of nitrogens with zero attached hydrogens (tertiary/aromatic N) is 1.